The van der Waals surface area contributed by atoms with Crippen LogP contribution in [0.2, 0.25) is 0 Å². The molecule has 1 aliphatic heterocycles. The Morgan fingerprint density at radius 3 is 2.85 bits per heavy atom. The monoisotopic (exact) mass is 273 g/mol. The maximum atomic E-state index is 11.2. The molecule has 0 saturated carbocycles. The van der Waals surface area contributed by atoms with Gasteiger partial charge in [0.05, 0.1) is 6.20 Å². The zero-order valence-electron chi connectivity index (χ0n) is 10.8. The van der Waals surface area contributed by atoms with E-state index in [1.165, 1.54) is 4.90 Å². The average Bonchev–Trinajstić information content (AvgIpc) is 3.06. The molecule has 1 amide bonds. The number of aromatic nitrogens is 1. The Hall–Kier alpha value is -2.34. The van der Waals surface area contributed by atoms with Crippen molar-refractivity contribution in [2.24, 2.45) is 5.73 Å². The largest absolute Gasteiger partial charge is 0.465 e. The molecule has 1 aromatic carbocycles. The highest BCUT2D eigenvalue weighted by Gasteiger charge is 2.37. The van der Waals surface area contributed by atoms with E-state index < -0.39 is 12.1 Å². The lowest BCUT2D eigenvalue weighted by molar-refractivity contribution is 0.133. The number of amides is 1. The van der Waals surface area contributed by atoms with Gasteiger partial charge in [-0.2, -0.15) is 0 Å². The Morgan fingerprint density at radius 1 is 1.40 bits per heavy atom. The Balaban J connectivity index is 1.88. The number of hydrogen-bond donors (Lipinski definition) is 2. The summed E-state index contributed by atoms with van der Waals surface area (Å²) in [6.45, 7) is 0.309. The highest BCUT2D eigenvalue weighted by Crippen LogP contribution is 2.32. The summed E-state index contributed by atoms with van der Waals surface area (Å²) in [7, 11) is 0. The van der Waals surface area contributed by atoms with Crippen molar-refractivity contribution in [3.63, 3.8) is 0 Å². The molecule has 2 heterocycles. The van der Waals surface area contributed by atoms with Crippen LogP contribution in [0.15, 0.2) is 40.9 Å². The molecule has 2 atom stereocenters. The summed E-state index contributed by atoms with van der Waals surface area (Å²) >= 11 is 0. The lowest BCUT2D eigenvalue weighted by Crippen LogP contribution is -2.32. The average molecular weight is 273 g/mol. The van der Waals surface area contributed by atoms with Crippen molar-refractivity contribution in [3.05, 3.63) is 42.4 Å². The van der Waals surface area contributed by atoms with E-state index in [0.717, 1.165) is 5.56 Å². The molecule has 6 heteroatoms. The summed E-state index contributed by atoms with van der Waals surface area (Å²) in [4.78, 5) is 16.7. The predicted molar refractivity (Wildman–Crippen MR) is 72.0 cm³/mol. The molecule has 0 aliphatic carbocycles. The minimum absolute atomic E-state index is 0.178. The first kappa shape index (κ1) is 12.7. The second kappa shape index (κ2) is 4.97. The number of oxazole rings is 1. The molecule has 6 nitrogen and oxygen atoms in total. The van der Waals surface area contributed by atoms with Crippen molar-refractivity contribution >= 4 is 6.09 Å². The molecule has 3 N–H and O–H groups in total. The molecule has 1 aliphatic rings. The van der Waals surface area contributed by atoms with Crippen LogP contribution in [0.25, 0.3) is 11.3 Å². The SMILES string of the molecule is N[C@H]1C[C@@H](c2ncc(-c3ccccc3)o2)N(C(=O)O)C1. The normalized spacial score (nSPS) is 22.1. The number of nitrogens with zero attached hydrogens (tertiary/aromatic N) is 2. The highest BCUT2D eigenvalue weighted by atomic mass is 16.4. The second-order valence-corrected chi connectivity index (χ2v) is 4.88. The third-order valence-electron chi connectivity index (χ3n) is 3.45. The van der Waals surface area contributed by atoms with Crippen LogP contribution in [0, 0.1) is 0 Å². The summed E-state index contributed by atoms with van der Waals surface area (Å²) in [5.74, 6) is 1.03. The van der Waals surface area contributed by atoms with E-state index in [4.69, 9.17) is 10.2 Å². The molecule has 0 radical (unpaired) electrons. The van der Waals surface area contributed by atoms with Gasteiger partial charge in [0.25, 0.3) is 0 Å². The molecule has 3 rings (SSSR count). The molecule has 0 spiro atoms. The summed E-state index contributed by atoms with van der Waals surface area (Å²) in [5, 5.41) is 9.19. The Labute approximate surface area is 115 Å². The summed E-state index contributed by atoms with van der Waals surface area (Å²) < 4.78 is 5.71. The predicted octanol–water partition coefficient (Wildman–Crippen LogP) is 2.09. The molecule has 1 aromatic heterocycles. The van der Waals surface area contributed by atoms with Gasteiger partial charge < -0.3 is 15.3 Å². The summed E-state index contributed by atoms with van der Waals surface area (Å²) in [6.07, 6.45) is 1.15. The molecule has 1 fully saturated rings. The fourth-order valence-electron chi connectivity index (χ4n) is 2.49. The van der Waals surface area contributed by atoms with Crippen LogP contribution in [0.4, 0.5) is 4.79 Å². The molecule has 0 unspecified atom stereocenters. The smallest absolute Gasteiger partial charge is 0.408 e. The molecule has 20 heavy (non-hydrogen) atoms. The number of likely N-dealkylation sites (tertiary alicyclic amines) is 1. The van der Waals surface area contributed by atoms with Crippen LogP contribution in [-0.2, 0) is 0 Å². The molecule has 0 bridgehead atoms. The van der Waals surface area contributed by atoms with Crippen LogP contribution < -0.4 is 5.73 Å². The van der Waals surface area contributed by atoms with Crippen LogP contribution in [-0.4, -0.2) is 33.7 Å². The fraction of sp³-hybridized carbons (Fsp3) is 0.286. The van der Waals surface area contributed by atoms with Gasteiger partial charge in [-0.3, -0.25) is 4.90 Å². The second-order valence-electron chi connectivity index (χ2n) is 4.88. The topological polar surface area (TPSA) is 92.6 Å². The van der Waals surface area contributed by atoms with Gasteiger partial charge in [0.1, 0.15) is 6.04 Å². The van der Waals surface area contributed by atoms with Crippen molar-refractivity contribution in [3.8, 4) is 11.3 Å². The molecule has 1 saturated heterocycles. The van der Waals surface area contributed by atoms with Crippen LogP contribution >= 0.6 is 0 Å². The van der Waals surface area contributed by atoms with Crippen LogP contribution in [0.5, 0.6) is 0 Å². The van der Waals surface area contributed by atoms with Crippen molar-refractivity contribution < 1.29 is 14.3 Å². The molecular weight excluding hydrogens is 258 g/mol. The lowest BCUT2D eigenvalue weighted by atomic mass is 10.2. The van der Waals surface area contributed by atoms with Gasteiger partial charge in [-0.05, 0) is 6.42 Å². The Morgan fingerprint density at radius 2 is 2.15 bits per heavy atom. The molecular formula is C14H15N3O3. The zero-order chi connectivity index (χ0) is 14.1. The minimum atomic E-state index is -0.998. The van der Waals surface area contributed by atoms with Crippen molar-refractivity contribution in [1.29, 1.82) is 0 Å². The van der Waals surface area contributed by atoms with E-state index in [1.807, 2.05) is 30.3 Å². The van der Waals surface area contributed by atoms with E-state index in [1.54, 1.807) is 6.20 Å². The number of benzene rings is 1. The quantitative estimate of drug-likeness (QED) is 0.874. The number of nitrogens with two attached hydrogens (primary N) is 1. The van der Waals surface area contributed by atoms with E-state index >= 15 is 0 Å². The number of carboxylic acid groups (broad SMARTS) is 1. The molecule has 2 aromatic rings. The van der Waals surface area contributed by atoms with Gasteiger partial charge in [0.2, 0.25) is 5.89 Å². The summed E-state index contributed by atoms with van der Waals surface area (Å²) in [6, 6.07) is 8.99. The van der Waals surface area contributed by atoms with Crippen molar-refractivity contribution in [2.75, 3.05) is 6.54 Å². The van der Waals surface area contributed by atoms with Crippen LogP contribution in [0.3, 0.4) is 0 Å². The van der Waals surface area contributed by atoms with E-state index in [-0.39, 0.29) is 6.04 Å². The third-order valence-corrected chi connectivity index (χ3v) is 3.45. The number of carbonyl (C=O) groups is 1. The zero-order valence-corrected chi connectivity index (χ0v) is 10.8. The first-order chi connectivity index (χ1) is 9.65. The summed E-state index contributed by atoms with van der Waals surface area (Å²) in [5.41, 5.74) is 6.75. The third kappa shape index (κ3) is 2.25. The van der Waals surface area contributed by atoms with Gasteiger partial charge in [-0.1, -0.05) is 30.3 Å². The van der Waals surface area contributed by atoms with E-state index in [9.17, 15) is 9.90 Å². The van der Waals surface area contributed by atoms with Crippen LogP contribution in [0.1, 0.15) is 18.4 Å². The number of rotatable bonds is 2. The van der Waals surface area contributed by atoms with Crippen molar-refractivity contribution in [2.45, 2.75) is 18.5 Å². The highest BCUT2D eigenvalue weighted by molar-refractivity contribution is 5.66. The maximum absolute atomic E-state index is 11.2. The number of hydrogen-bond acceptors (Lipinski definition) is 4. The Bertz CT molecular complexity index is 611. The standard InChI is InChI=1S/C14H15N3O3/c15-10-6-11(17(8-10)14(18)19)13-16-7-12(20-13)9-4-2-1-3-5-9/h1-5,7,10-11H,6,8,15H2,(H,18,19)/t10-,11-/m0/s1. The lowest BCUT2D eigenvalue weighted by Gasteiger charge is -2.17. The first-order valence-corrected chi connectivity index (χ1v) is 6.41. The van der Waals surface area contributed by atoms with Gasteiger partial charge in [-0.15, -0.1) is 0 Å². The van der Waals surface area contributed by atoms with Gasteiger partial charge in [-0.25, -0.2) is 9.78 Å². The molecule has 104 valence electrons. The van der Waals surface area contributed by atoms with E-state index in [0.29, 0.717) is 24.6 Å². The maximum Gasteiger partial charge on any atom is 0.408 e. The minimum Gasteiger partial charge on any atom is -0.465 e. The van der Waals surface area contributed by atoms with Gasteiger partial charge in [0, 0.05) is 18.2 Å². The first-order valence-electron chi connectivity index (χ1n) is 6.41. The van der Waals surface area contributed by atoms with Gasteiger partial charge in [0.15, 0.2) is 5.76 Å². The van der Waals surface area contributed by atoms with E-state index in [2.05, 4.69) is 4.98 Å². The van der Waals surface area contributed by atoms with Crippen molar-refractivity contribution in [1.82, 2.24) is 9.88 Å². The van der Waals surface area contributed by atoms with Gasteiger partial charge >= 0.3 is 6.09 Å². The fourth-order valence-corrected chi connectivity index (χ4v) is 2.49. The Kier molecular flexibility index (Phi) is 3.15.